The fraction of sp³-hybridized carbons (Fsp3) is 0.455. The number of ether oxygens (including phenoxy) is 1. The molecule has 0 bridgehead atoms. The van der Waals surface area contributed by atoms with E-state index in [-0.39, 0.29) is 5.75 Å². The molecule has 19 heavy (non-hydrogen) atoms. The second kappa shape index (κ2) is 5.30. The average molecular weight is 301 g/mol. The van der Waals surface area contributed by atoms with Crippen molar-refractivity contribution in [2.75, 3.05) is 19.1 Å². The maximum absolute atomic E-state index is 11.1. The number of aromatic nitrogens is 3. The monoisotopic (exact) mass is 301 g/mol. The number of pyridine rings is 1. The summed E-state index contributed by atoms with van der Waals surface area (Å²) >= 11 is 5.22. The number of rotatable bonds is 5. The molecule has 6 nitrogen and oxygen atoms in total. The van der Waals surface area contributed by atoms with Crippen LogP contribution in [0.1, 0.15) is 6.42 Å². The van der Waals surface area contributed by atoms with Gasteiger partial charge in [0.2, 0.25) is 5.88 Å². The third-order valence-corrected chi connectivity index (χ3v) is 4.05. The lowest BCUT2D eigenvalue weighted by molar-refractivity contribution is 0.399. The summed E-state index contributed by atoms with van der Waals surface area (Å²) in [5.41, 5.74) is 1.49. The van der Waals surface area contributed by atoms with Crippen LogP contribution in [0.3, 0.4) is 0 Å². The molecule has 0 spiro atoms. The Kier molecular flexibility index (Phi) is 3.91. The highest BCUT2D eigenvalue weighted by molar-refractivity contribution is 7.90. The third-order valence-electron chi connectivity index (χ3n) is 2.70. The van der Waals surface area contributed by atoms with Crippen LogP contribution < -0.4 is 4.74 Å². The number of aryl methyl sites for hydroxylation is 1. The molecule has 8 heteroatoms. The number of imidazole rings is 1. The van der Waals surface area contributed by atoms with Crippen molar-refractivity contribution in [2.45, 2.75) is 13.0 Å². The molecule has 0 saturated heterocycles. The first kappa shape index (κ1) is 14.0. The standard InChI is InChI=1S/C11H15N3O3S2/c1-17-9-5-4-8-10(13-9)14(11(18)12-8)6-3-7-19(2,15)16/h4-5H,3,6-7H2,1-2H3,(H,12,18). The molecule has 0 fully saturated rings. The molecule has 2 aromatic heterocycles. The van der Waals surface area contributed by atoms with Gasteiger partial charge in [-0.05, 0) is 24.7 Å². The van der Waals surface area contributed by atoms with Gasteiger partial charge in [-0.1, -0.05) is 0 Å². The first-order valence-electron chi connectivity index (χ1n) is 5.72. The zero-order chi connectivity index (χ0) is 14.0. The Morgan fingerprint density at radius 2 is 2.21 bits per heavy atom. The Morgan fingerprint density at radius 3 is 2.84 bits per heavy atom. The number of hydrogen-bond acceptors (Lipinski definition) is 5. The van der Waals surface area contributed by atoms with Gasteiger partial charge in [-0.25, -0.2) is 8.42 Å². The highest BCUT2D eigenvalue weighted by atomic mass is 32.2. The van der Waals surface area contributed by atoms with Gasteiger partial charge in [-0.3, -0.25) is 0 Å². The fourth-order valence-corrected chi connectivity index (χ4v) is 2.76. The number of nitrogens with zero attached hydrogens (tertiary/aromatic N) is 2. The Morgan fingerprint density at radius 1 is 1.47 bits per heavy atom. The molecule has 0 aromatic carbocycles. The first-order chi connectivity index (χ1) is 8.90. The summed E-state index contributed by atoms with van der Waals surface area (Å²) < 4.78 is 29.7. The summed E-state index contributed by atoms with van der Waals surface area (Å²) in [4.78, 5) is 7.36. The van der Waals surface area contributed by atoms with Crippen molar-refractivity contribution in [2.24, 2.45) is 0 Å². The van der Waals surface area contributed by atoms with E-state index >= 15 is 0 Å². The predicted octanol–water partition coefficient (Wildman–Crippen LogP) is 1.54. The van der Waals surface area contributed by atoms with Crippen molar-refractivity contribution >= 4 is 33.2 Å². The molecule has 0 aliphatic carbocycles. The second-order valence-electron chi connectivity index (χ2n) is 4.29. The molecular formula is C11H15N3O3S2. The smallest absolute Gasteiger partial charge is 0.215 e. The number of sulfone groups is 1. The van der Waals surface area contributed by atoms with Crippen LogP contribution in [-0.4, -0.2) is 42.1 Å². The van der Waals surface area contributed by atoms with Gasteiger partial charge in [-0.15, -0.1) is 0 Å². The van der Waals surface area contributed by atoms with Crippen molar-refractivity contribution in [3.8, 4) is 5.88 Å². The van der Waals surface area contributed by atoms with Gasteiger partial charge in [0.05, 0.1) is 18.4 Å². The minimum Gasteiger partial charge on any atom is -0.481 e. The van der Waals surface area contributed by atoms with E-state index in [0.717, 1.165) is 5.52 Å². The van der Waals surface area contributed by atoms with Crippen LogP contribution in [0.4, 0.5) is 0 Å². The molecule has 0 amide bonds. The Balaban J connectivity index is 2.31. The lowest BCUT2D eigenvalue weighted by atomic mass is 10.4. The minimum absolute atomic E-state index is 0.130. The second-order valence-corrected chi connectivity index (χ2v) is 6.94. The summed E-state index contributed by atoms with van der Waals surface area (Å²) in [6.45, 7) is 0.506. The van der Waals surface area contributed by atoms with Crippen LogP contribution in [0.5, 0.6) is 5.88 Å². The Hall–Kier alpha value is -1.41. The van der Waals surface area contributed by atoms with Crippen LogP contribution >= 0.6 is 12.2 Å². The Bertz CT molecular complexity index is 746. The molecule has 0 atom stereocenters. The molecule has 2 rings (SSSR count). The highest BCUT2D eigenvalue weighted by Crippen LogP contribution is 2.16. The van der Waals surface area contributed by atoms with Crippen molar-refractivity contribution < 1.29 is 13.2 Å². The lowest BCUT2D eigenvalue weighted by Gasteiger charge is -2.04. The molecule has 0 radical (unpaired) electrons. The van der Waals surface area contributed by atoms with Crippen molar-refractivity contribution in [1.29, 1.82) is 0 Å². The molecule has 0 saturated carbocycles. The Labute approximate surface area is 116 Å². The third kappa shape index (κ3) is 3.32. The number of hydrogen-bond donors (Lipinski definition) is 1. The van der Waals surface area contributed by atoms with Gasteiger partial charge in [-0.2, -0.15) is 4.98 Å². The van der Waals surface area contributed by atoms with Crippen LogP contribution in [0.2, 0.25) is 0 Å². The van der Waals surface area contributed by atoms with Gasteiger partial charge in [0, 0.05) is 18.9 Å². The first-order valence-corrected chi connectivity index (χ1v) is 8.19. The van der Waals surface area contributed by atoms with E-state index in [9.17, 15) is 8.42 Å². The van der Waals surface area contributed by atoms with Gasteiger partial charge < -0.3 is 14.3 Å². The van der Waals surface area contributed by atoms with E-state index in [2.05, 4.69) is 9.97 Å². The minimum atomic E-state index is -2.96. The van der Waals surface area contributed by atoms with Crippen LogP contribution in [0.25, 0.3) is 11.2 Å². The normalized spacial score (nSPS) is 11.9. The lowest BCUT2D eigenvalue weighted by Crippen LogP contribution is -2.08. The number of nitrogens with one attached hydrogen (secondary N) is 1. The van der Waals surface area contributed by atoms with Gasteiger partial charge in [0.25, 0.3) is 0 Å². The summed E-state index contributed by atoms with van der Waals surface area (Å²) in [6, 6.07) is 3.58. The van der Waals surface area contributed by atoms with Crippen molar-refractivity contribution in [3.63, 3.8) is 0 Å². The molecule has 1 N–H and O–H groups in total. The maximum atomic E-state index is 11.1. The fourth-order valence-electron chi connectivity index (χ4n) is 1.82. The number of fused-ring (bicyclic) bond motifs is 1. The topological polar surface area (TPSA) is 77.0 Å². The van der Waals surface area contributed by atoms with Crippen LogP contribution in [0, 0.1) is 4.77 Å². The van der Waals surface area contributed by atoms with Crippen molar-refractivity contribution in [3.05, 3.63) is 16.9 Å². The average Bonchev–Trinajstić information content (AvgIpc) is 2.63. The zero-order valence-electron chi connectivity index (χ0n) is 10.7. The number of aromatic amines is 1. The molecular weight excluding hydrogens is 286 g/mol. The van der Waals surface area contributed by atoms with E-state index in [0.29, 0.717) is 29.3 Å². The molecule has 2 heterocycles. The van der Waals surface area contributed by atoms with Gasteiger partial charge >= 0.3 is 0 Å². The van der Waals surface area contributed by atoms with E-state index in [1.807, 2.05) is 6.07 Å². The highest BCUT2D eigenvalue weighted by Gasteiger charge is 2.08. The molecule has 104 valence electrons. The van der Waals surface area contributed by atoms with Crippen molar-refractivity contribution in [1.82, 2.24) is 14.5 Å². The molecule has 2 aromatic rings. The van der Waals surface area contributed by atoms with E-state index < -0.39 is 9.84 Å². The van der Waals surface area contributed by atoms with Gasteiger partial charge in [0.1, 0.15) is 9.84 Å². The predicted molar refractivity (Wildman–Crippen MR) is 75.8 cm³/mol. The molecule has 0 unspecified atom stereocenters. The van der Waals surface area contributed by atoms with E-state index in [4.69, 9.17) is 17.0 Å². The van der Waals surface area contributed by atoms with Gasteiger partial charge in [0.15, 0.2) is 10.4 Å². The molecule has 0 aliphatic heterocycles. The summed E-state index contributed by atoms with van der Waals surface area (Å²) in [7, 11) is -1.41. The summed E-state index contributed by atoms with van der Waals surface area (Å²) in [5, 5.41) is 0. The SMILES string of the molecule is COc1ccc2[nH]c(=S)n(CCCS(C)(=O)=O)c2n1. The zero-order valence-corrected chi connectivity index (χ0v) is 12.3. The van der Waals surface area contributed by atoms with Crippen LogP contribution in [-0.2, 0) is 16.4 Å². The summed E-state index contributed by atoms with van der Waals surface area (Å²) in [6.07, 6.45) is 1.72. The number of H-pyrrole nitrogens is 1. The largest absolute Gasteiger partial charge is 0.481 e. The van der Waals surface area contributed by atoms with E-state index in [1.165, 1.54) is 6.26 Å². The molecule has 0 aliphatic rings. The van der Waals surface area contributed by atoms with Crippen LogP contribution in [0.15, 0.2) is 12.1 Å². The quantitative estimate of drug-likeness (QED) is 0.848. The maximum Gasteiger partial charge on any atom is 0.215 e. The van der Waals surface area contributed by atoms with E-state index in [1.54, 1.807) is 17.7 Å². The summed E-state index contributed by atoms with van der Waals surface area (Å²) in [5.74, 6) is 0.629. The number of methoxy groups -OCH3 is 1.